The van der Waals surface area contributed by atoms with Crippen LogP contribution in [0.3, 0.4) is 0 Å². The summed E-state index contributed by atoms with van der Waals surface area (Å²) in [5, 5.41) is 13.9. The van der Waals surface area contributed by atoms with E-state index >= 15 is 0 Å². The molecule has 0 aliphatic rings. The number of ether oxygens (including phenoxy) is 2. The van der Waals surface area contributed by atoms with Gasteiger partial charge in [0.25, 0.3) is 5.91 Å². The van der Waals surface area contributed by atoms with Crippen LogP contribution in [0.15, 0.2) is 47.6 Å². The molecule has 0 aromatic heterocycles. The van der Waals surface area contributed by atoms with Crippen LogP contribution in [0.25, 0.3) is 0 Å². The lowest BCUT2D eigenvalue weighted by Gasteiger charge is -2.08. The predicted molar refractivity (Wildman–Crippen MR) is 91.9 cm³/mol. The highest BCUT2D eigenvalue weighted by molar-refractivity contribution is 6.02. The van der Waals surface area contributed by atoms with Gasteiger partial charge in [0, 0.05) is 11.1 Å². The minimum atomic E-state index is -0.347. The second-order valence-corrected chi connectivity index (χ2v) is 4.98. The van der Waals surface area contributed by atoms with Crippen molar-refractivity contribution in [2.24, 2.45) is 5.10 Å². The molecule has 1 amide bonds. The molecular weight excluding hydrogens is 308 g/mol. The average Bonchev–Trinajstić information content (AvgIpc) is 2.60. The van der Waals surface area contributed by atoms with Crippen LogP contribution in [0.1, 0.15) is 29.8 Å². The molecule has 24 heavy (non-hydrogen) atoms. The summed E-state index contributed by atoms with van der Waals surface area (Å²) in [7, 11) is 1.54. The first-order chi connectivity index (χ1) is 11.5. The Labute approximate surface area is 140 Å². The second-order valence-electron chi connectivity index (χ2n) is 4.98. The van der Waals surface area contributed by atoms with Crippen molar-refractivity contribution >= 4 is 11.6 Å². The summed E-state index contributed by atoms with van der Waals surface area (Å²) in [6, 6.07) is 11.6. The van der Waals surface area contributed by atoms with E-state index in [4.69, 9.17) is 9.47 Å². The molecule has 2 aromatic carbocycles. The van der Waals surface area contributed by atoms with Crippen molar-refractivity contribution < 1.29 is 19.4 Å². The maximum absolute atomic E-state index is 12.1. The van der Waals surface area contributed by atoms with Gasteiger partial charge in [-0.05, 0) is 56.3 Å². The summed E-state index contributed by atoms with van der Waals surface area (Å²) in [6.07, 6.45) is 0. The van der Waals surface area contributed by atoms with Gasteiger partial charge in [-0.2, -0.15) is 5.10 Å². The minimum Gasteiger partial charge on any atom is -0.507 e. The number of phenolic OH excluding ortho intramolecular Hbond substituents is 1. The smallest absolute Gasteiger partial charge is 0.271 e. The number of carbonyl (C=O) groups is 1. The minimum absolute atomic E-state index is 0.0624. The summed E-state index contributed by atoms with van der Waals surface area (Å²) in [5.74, 6) is 1.01. The highest BCUT2D eigenvalue weighted by Gasteiger charge is 2.09. The molecule has 0 saturated carbocycles. The molecule has 2 aromatic rings. The van der Waals surface area contributed by atoms with Crippen LogP contribution < -0.4 is 14.9 Å². The molecule has 0 aliphatic heterocycles. The number of hydrogen-bond acceptors (Lipinski definition) is 5. The number of methoxy groups -OCH3 is 1. The van der Waals surface area contributed by atoms with Gasteiger partial charge in [-0.3, -0.25) is 4.79 Å². The zero-order chi connectivity index (χ0) is 17.5. The number of aromatic hydroxyl groups is 1. The molecule has 0 bridgehead atoms. The third kappa shape index (κ3) is 4.25. The third-order valence-corrected chi connectivity index (χ3v) is 3.35. The van der Waals surface area contributed by atoms with Crippen molar-refractivity contribution in [1.29, 1.82) is 0 Å². The summed E-state index contributed by atoms with van der Waals surface area (Å²) in [5.41, 5.74) is 3.88. The Balaban J connectivity index is 2.10. The van der Waals surface area contributed by atoms with Crippen LogP contribution in [0.4, 0.5) is 0 Å². The van der Waals surface area contributed by atoms with Gasteiger partial charge in [0.05, 0.1) is 19.4 Å². The standard InChI is InChI=1S/C18H20N2O4/c1-4-24-14-7-5-13(6-8-14)18(22)20-19-12(2)16-11-15(23-3)9-10-17(16)21/h5-11,21H,4H2,1-3H3,(H,20,22)/b19-12+. The predicted octanol–water partition coefficient (Wildman–Crippen LogP) is 2.95. The lowest BCUT2D eigenvalue weighted by molar-refractivity contribution is 0.0955. The first kappa shape index (κ1) is 17.3. The maximum atomic E-state index is 12.1. The van der Waals surface area contributed by atoms with E-state index in [2.05, 4.69) is 10.5 Å². The summed E-state index contributed by atoms with van der Waals surface area (Å²) < 4.78 is 10.5. The molecular formula is C18H20N2O4. The van der Waals surface area contributed by atoms with Crippen LogP contribution >= 0.6 is 0 Å². The number of phenols is 1. The highest BCUT2D eigenvalue weighted by atomic mass is 16.5. The van der Waals surface area contributed by atoms with Gasteiger partial charge in [0.15, 0.2) is 0 Å². The lowest BCUT2D eigenvalue weighted by atomic mass is 10.1. The largest absolute Gasteiger partial charge is 0.507 e. The number of hydrazone groups is 1. The molecule has 0 fully saturated rings. The van der Waals surface area contributed by atoms with E-state index in [0.717, 1.165) is 0 Å². The molecule has 0 atom stereocenters. The topological polar surface area (TPSA) is 80.2 Å². The van der Waals surface area contributed by atoms with Gasteiger partial charge in [0.1, 0.15) is 17.2 Å². The number of nitrogens with zero attached hydrogens (tertiary/aromatic N) is 1. The van der Waals surface area contributed by atoms with Crippen LogP contribution in [0, 0.1) is 0 Å². The van der Waals surface area contributed by atoms with Gasteiger partial charge in [-0.25, -0.2) is 5.43 Å². The Morgan fingerprint density at radius 2 is 1.83 bits per heavy atom. The van der Waals surface area contributed by atoms with E-state index in [1.807, 2.05) is 6.92 Å². The van der Waals surface area contributed by atoms with E-state index in [1.165, 1.54) is 13.2 Å². The molecule has 0 spiro atoms. The number of rotatable bonds is 6. The number of benzene rings is 2. The molecule has 0 radical (unpaired) electrons. The molecule has 0 saturated heterocycles. The zero-order valence-corrected chi connectivity index (χ0v) is 13.9. The van der Waals surface area contributed by atoms with Gasteiger partial charge in [-0.1, -0.05) is 0 Å². The van der Waals surface area contributed by atoms with Crippen LogP contribution in [-0.2, 0) is 0 Å². The van der Waals surface area contributed by atoms with E-state index < -0.39 is 0 Å². The normalized spacial score (nSPS) is 11.0. The van der Waals surface area contributed by atoms with E-state index in [1.54, 1.807) is 43.3 Å². The second kappa shape index (κ2) is 8.01. The fraction of sp³-hybridized carbons (Fsp3) is 0.222. The van der Waals surface area contributed by atoms with E-state index in [9.17, 15) is 9.90 Å². The lowest BCUT2D eigenvalue weighted by Crippen LogP contribution is -2.19. The van der Waals surface area contributed by atoms with E-state index in [-0.39, 0.29) is 11.7 Å². The molecule has 0 unspecified atom stereocenters. The van der Waals surface area contributed by atoms with Gasteiger partial charge < -0.3 is 14.6 Å². The molecule has 2 rings (SSSR count). The summed E-state index contributed by atoms with van der Waals surface area (Å²) in [6.45, 7) is 4.15. The van der Waals surface area contributed by atoms with Crippen molar-refractivity contribution in [3.8, 4) is 17.2 Å². The molecule has 126 valence electrons. The van der Waals surface area contributed by atoms with Crippen LogP contribution in [0.5, 0.6) is 17.2 Å². The average molecular weight is 328 g/mol. The fourth-order valence-corrected chi connectivity index (χ4v) is 2.06. The third-order valence-electron chi connectivity index (χ3n) is 3.35. The van der Waals surface area contributed by atoms with Crippen molar-refractivity contribution in [1.82, 2.24) is 5.43 Å². The molecule has 0 aliphatic carbocycles. The SMILES string of the molecule is CCOc1ccc(C(=O)N/N=C(\C)c2cc(OC)ccc2O)cc1. The monoisotopic (exact) mass is 328 g/mol. The molecule has 0 heterocycles. The maximum Gasteiger partial charge on any atom is 0.271 e. The first-order valence-corrected chi connectivity index (χ1v) is 7.50. The molecule has 2 N–H and O–H groups in total. The molecule has 6 nitrogen and oxygen atoms in total. The number of hydrogen-bond donors (Lipinski definition) is 2. The Morgan fingerprint density at radius 3 is 2.46 bits per heavy atom. The van der Waals surface area contributed by atoms with E-state index in [0.29, 0.717) is 34.9 Å². The zero-order valence-electron chi connectivity index (χ0n) is 13.9. The Hall–Kier alpha value is -3.02. The van der Waals surface area contributed by atoms with Crippen LogP contribution in [-0.4, -0.2) is 30.4 Å². The first-order valence-electron chi connectivity index (χ1n) is 7.50. The number of nitrogens with one attached hydrogen (secondary N) is 1. The van der Waals surface area contributed by atoms with Gasteiger partial charge >= 0.3 is 0 Å². The summed E-state index contributed by atoms with van der Waals surface area (Å²) >= 11 is 0. The van der Waals surface area contributed by atoms with Gasteiger partial charge in [0.2, 0.25) is 0 Å². The Kier molecular flexibility index (Phi) is 5.78. The van der Waals surface area contributed by atoms with Crippen molar-refractivity contribution in [3.63, 3.8) is 0 Å². The number of amides is 1. The van der Waals surface area contributed by atoms with Crippen molar-refractivity contribution in [2.75, 3.05) is 13.7 Å². The Bertz CT molecular complexity index is 739. The summed E-state index contributed by atoms with van der Waals surface area (Å²) in [4.78, 5) is 12.1. The van der Waals surface area contributed by atoms with Crippen molar-refractivity contribution in [2.45, 2.75) is 13.8 Å². The number of carbonyl (C=O) groups excluding carboxylic acids is 1. The van der Waals surface area contributed by atoms with Gasteiger partial charge in [-0.15, -0.1) is 0 Å². The van der Waals surface area contributed by atoms with Crippen molar-refractivity contribution in [3.05, 3.63) is 53.6 Å². The highest BCUT2D eigenvalue weighted by Crippen LogP contribution is 2.23. The van der Waals surface area contributed by atoms with Crippen LogP contribution in [0.2, 0.25) is 0 Å². The fourth-order valence-electron chi connectivity index (χ4n) is 2.06. The Morgan fingerprint density at radius 1 is 1.17 bits per heavy atom. The molecule has 6 heteroatoms. The quantitative estimate of drug-likeness (QED) is 0.631.